The number of hydrogen-bond acceptors (Lipinski definition) is 1. The topological polar surface area (TPSA) is 20.2 Å². The van der Waals surface area contributed by atoms with Crippen LogP contribution in [0.4, 0.5) is 4.39 Å². The maximum absolute atomic E-state index is 13.3. The number of aliphatic hydroxyl groups is 1. The van der Waals surface area contributed by atoms with E-state index in [1.54, 1.807) is 0 Å². The number of alkyl halides is 1. The van der Waals surface area contributed by atoms with Crippen molar-refractivity contribution in [2.45, 2.75) is 57.7 Å². The minimum atomic E-state index is -0.973. The van der Waals surface area contributed by atoms with Gasteiger partial charge in [0.1, 0.15) is 6.17 Å². The van der Waals surface area contributed by atoms with Gasteiger partial charge in [0.2, 0.25) is 0 Å². The molecule has 0 aromatic heterocycles. The highest BCUT2D eigenvalue weighted by atomic mass is 19.1. The molecule has 1 N–H and O–H groups in total. The molecule has 4 atom stereocenters. The summed E-state index contributed by atoms with van der Waals surface area (Å²) in [5.74, 6) is 0.572. The van der Waals surface area contributed by atoms with Crippen LogP contribution in [-0.2, 0) is 0 Å². The summed E-state index contributed by atoms with van der Waals surface area (Å²) in [6.07, 6.45) is 4.48. The van der Waals surface area contributed by atoms with E-state index in [4.69, 9.17) is 0 Å². The third-order valence-electron chi connectivity index (χ3n) is 4.14. The molecule has 0 amide bonds. The molecule has 2 saturated carbocycles. The quantitative estimate of drug-likeness (QED) is 0.616. The van der Waals surface area contributed by atoms with Crippen LogP contribution in [0.5, 0.6) is 0 Å². The average molecular weight is 186 g/mol. The minimum Gasteiger partial charge on any atom is -0.390 e. The number of hydrogen-bond donors (Lipinski definition) is 1. The third kappa shape index (κ3) is 1.61. The number of fused-ring (bicyclic) bond motifs is 1. The summed E-state index contributed by atoms with van der Waals surface area (Å²) in [6.45, 7) is 2.20. The van der Waals surface area contributed by atoms with E-state index in [0.717, 1.165) is 6.42 Å². The number of halogens is 1. The van der Waals surface area contributed by atoms with Crippen molar-refractivity contribution in [3.63, 3.8) is 0 Å². The summed E-state index contributed by atoms with van der Waals surface area (Å²) in [5, 5.41) is 9.46. The van der Waals surface area contributed by atoms with Crippen LogP contribution in [-0.4, -0.2) is 17.4 Å². The third-order valence-corrected chi connectivity index (χ3v) is 4.14. The van der Waals surface area contributed by atoms with Crippen molar-refractivity contribution >= 4 is 0 Å². The van der Waals surface area contributed by atoms with E-state index >= 15 is 0 Å². The Morgan fingerprint density at radius 3 is 2.92 bits per heavy atom. The largest absolute Gasteiger partial charge is 0.390 e. The standard InChI is InChI=1S/C11H19FO/c1-11-5-3-2-4-8(11)6-10(13)9(12)7-11/h8-10,13H,2-7H2,1H3. The molecule has 0 radical (unpaired) electrons. The van der Waals surface area contributed by atoms with E-state index < -0.39 is 12.3 Å². The lowest BCUT2D eigenvalue weighted by Gasteiger charge is -2.47. The SMILES string of the molecule is CC12CCCCC1CC(O)C(F)C2. The van der Waals surface area contributed by atoms with E-state index in [1.807, 2.05) is 0 Å². The zero-order chi connectivity index (χ0) is 9.47. The fourth-order valence-corrected chi connectivity index (χ4v) is 3.16. The van der Waals surface area contributed by atoms with Crippen LogP contribution in [0.3, 0.4) is 0 Å². The molecular formula is C11H19FO. The molecule has 2 heteroatoms. The number of aliphatic hydroxyl groups excluding tert-OH is 1. The molecule has 0 aromatic carbocycles. The monoisotopic (exact) mass is 186 g/mol. The van der Waals surface area contributed by atoms with Crippen LogP contribution in [0.15, 0.2) is 0 Å². The van der Waals surface area contributed by atoms with Gasteiger partial charge in [0.15, 0.2) is 0 Å². The van der Waals surface area contributed by atoms with Crippen molar-refractivity contribution in [2.75, 3.05) is 0 Å². The van der Waals surface area contributed by atoms with E-state index in [0.29, 0.717) is 18.8 Å². The molecule has 0 saturated heterocycles. The van der Waals surface area contributed by atoms with Gasteiger partial charge in [-0.2, -0.15) is 0 Å². The van der Waals surface area contributed by atoms with Gasteiger partial charge in [-0.05, 0) is 37.0 Å². The molecule has 2 rings (SSSR count). The first-order valence-electron chi connectivity index (χ1n) is 5.44. The van der Waals surface area contributed by atoms with Crippen molar-refractivity contribution in [3.8, 4) is 0 Å². The Morgan fingerprint density at radius 1 is 1.38 bits per heavy atom. The first kappa shape index (κ1) is 9.45. The molecule has 0 bridgehead atoms. The van der Waals surface area contributed by atoms with Crippen LogP contribution in [0.2, 0.25) is 0 Å². The van der Waals surface area contributed by atoms with Crippen molar-refractivity contribution in [1.29, 1.82) is 0 Å². The first-order chi connectivity index (χ1) is 6.12. The van der Waals surface area contributed by atoms with E-state index in [9.17, 15) is 9.50 Å². The molecule has 1 nitrogen and oxygen atoms in total. The van der Waals surface area contributed by atoms with Crippen molar-refractivity contribution in [3.05, 3.63) is 0 Å². The lowest BCUT2D eigenvalue weighted by molar-refractivity contribution is -0.0603. The molecule has 76 valence electrons. The maximum atomic E-state index is 13.3. The van der Waals surface area contributed by atoms with Gasteiger partial charge in [-0.3, -0.25) is 0 Å². The van der Waals surface area contributed by atoms with E-state index in [1.165, 1.54) is 19.3 Å². The summed E-state index contributed by atoms with van der Waals surface area (Å²) in [6, 6.07) is 0. The van der Waals surface area contributed by atoms with Gasteiger partial charge in [0, 0.05) is 0 Å². The normalized spacial score (nSPS) is 51.5. The summed E-state index contributed by atoms with van der Waals surface area (Å²) < 4.78 is 13.3. The summed E-state index contributed by atoms with van der Waals surface area (Å²) in [4.78, 5) is 0. The molecular weight excluding hydrogens is 167 g/mol. The molecule has 2 fully saturated rings. The average Bonchev–Trinajstić information content (AvgIpc) is 2.07. The smallest absolute Gasteiger partial charge is 0.126 e. The Kier molecular flexibility index (Phi) is 2.35. The van der Waals surface area contributed by atoms with Gasteiger partial charge in [-0.15, -0.1) is 0 Å². The van der Waals surface area contributed by atoms with Crippen molar-refractivity contribution in [1.82, 2.24) is 0 Å². The van der Waals surface area contributed by atoms with Gasteiger partial charge < -0.3 is 5.11 Å². The van der Waals surface area contributed by atoms with Gasteiger partial charge in [-0.25, -0.2) is 4.39 Å². The van der Waals surface area contributed by atoms with Crippen molar-refractivity contribution < 1.29 is 9.50 Å². The lowest BCUT2D eigenvalue weighted by Crippen LogP contribution is -2.44. The van der Waals surface area contributed by atoms with Crippen molar-refractivity contribution in [2.24, 2.45) is 11.3 Å². The maximum Gasteiger partial charge on any atom is 0.126 e. The highest BCUT2D eigenvalue weighted by Gasteiger charge is 2.45. The molecule has 13 heavy (non-hydrogen) atoms. The Balaban J connectivity index is 2.10. The van der Waals surface area contributed by atoms with Gasteiger partial charge in [0.05, 0.1) is 6.10 Å². The highest BCUT2D eigenvalue weighted by Crippen LogP contribution is 2.50. The fourth-order valence-electron chi connectivity index (χ4n) is 3.16. The van der Waals surface area contributed by atoms with Crippen LogP contribution in [0, 0.1) is 11.3 Å². The Labute approximate surface area is 79.3 Å². The highest BCUT2D eigenvalue weighted by molar-refractivity contribution is 4.95. The summed E-state index contributed by atoms with van der Waals surface area (Å²) in [5.41, 5.74) is 0.191. The zero-order valence-corrected chi connectivity index (χ0v) is 8.30. The number of rotatable bonds is 0. The predicted molar refractivity (Wildman–Crippen MR) is 50.2 cm³/mol. The minimum absolute atomic E-state index is 0.191. The molecule has 2 aliphatic rings. The summed E-state index contributed by atoms with van der Waals surface area (Å²) in [7, 11) is 0. The first-order valence-corrected chi connectivity index (χ1v) is 5.44. The molecule has 0 spiro atoms. The molecule has 0 aromatic rings. The summed E-state index contributed by atoms with van der Waals surface area (Å²) >= 11 is 0. The second kappa shape index (κ2) is 3.23. The molecule has 2 aliphatic carbocycles. The second-order valence-corrected chi connectivity index (χ2v) is 5.12. The van der Waals surface area contributed by atoms with E-state index in [2.05, 4.69) is 6.92 Å². The van der Waals surface area contributed by atoms with Crippen LogP contribution < -0.4 is 0 Å². The zero-order valence-electron chi connectivity index (χ0n) is 8.30. The van der Waals surface area contributed by atoms with Gasteiger partial charge in [0.25, 0.3) is 0 Å². The predicted octanol–water partition coefficient (Wildman–Crippen LogP) is 2.68. The van der Waals surface area contributed by atoms with Crippen LogP contribution in [0.1, 0.15) is 45.4 Å². The van der Waals surface area contributed by atoms with Gasteiger partial charge >= 0.3 is 0 Å². The molecule has 0 heterocycles. The Bertz CT molecular complexity index is 195. The molecule has 4 unspecified atom stereocenters. The Hall–Kier alpha value is -0.110. The lowest BCUT2D eigenvalue weighted by atomic mass is 9.59. The van der Waals surface area contributed by atoms with Crippen LogP contribution >= 0.6 is 0 Å². The second-order valence-electron chi connectivity index (χ2n) is 5.12. The fraction of sp³-hybridized carbons (Fsp3) is 1.00. The van der Waals surface area contributed by atoms with E-state index in [-0.39, 0.29) is 5.41 Å². The molecule has 0 aliphatic heterocycles. The van der Waals surface area contributed by atoms with Gasteiger partial charge in [-0.1, -0.05) is 19.8 Å². The van der Waals surface area contributed by atoms with Crippen LogP contribution in [0.25, 0.3) is 0 Å². The Morgan fingerprint density at radius 2 is 2.15 bits per heavy atom.